The van der Waals surface area contributed by atoms with E-state index in [4.69, 9.17) is 9.15 Å². The van der Waals surface area contributed by atoms with Crippen molar-refractivity contribution < 1.29 is 13.9 Å². The van der Waals surface area contributed by atoms with Crippen LogP contribution in [-0.2, 0) is 11.3 Å². The predicted molar refractivity (Wildman–Crippen MR) is 87.1 cm³/mol. The first-order valence-corrected chi connectivity index (χ1v) is 8.67. The fraction of sp³-hybridized carbons (Fsp3) is 0.588. The monoisotopic (exact) mass is 330 g/mol. The SMILES string of the molecule is CCn1nc(NC(=O)c2coc(C3CCOCC3)n2)cc1C1CC1. The number of oxazole rings is 1. The molecular formula is C17H22N4O3. The van der Waals surface area contributed by atoms with Crippen molar-refractivity contribution in [2.45, 2.75) is 51.0 Å². The zero-order chi connectivity index (χ0) is 16.5. The Balaban J connectivity index is 1.45. The van der Waals surface area contributed by atoms with Crippen LogP contribution >= 0.6 is 0 Å². The highest BCUT2D eigenvalue weighted by molar-refractivity contribution is 6.02. The summed E-state index contributed by atoms with van der Waals surface area (Å²) in [5.74, 6) is 1.76. The largest absolute Gasteiger partial charge is 0.448 e. The first-order chi connectivity index (χ1) is 11.7. The van der Waals surface area contributed by atoms with Crippen LogP contribution in [0.3, 0.4) is 0 Å². The standard InChI is InChI=1S/C17H22N4O3/c1-2-21-14(11-3-4-11)9-15(20-21)19-16(22)13-10-24-17(18-13)12-5-7-23-8-6-12/h9-12H,2-8H2,1H3,(H,19,20,22). The molecule has 1 aliphatic heterocycles. The number of aryl methyl sites for hydroxylation is 1. The van der Waals surface area contributed by atoms with Gasteiger partial charge in [0.05, 0.1) is 0 Å². The minimum atomic E-state index is -0.278. The highest BCUT2D eigenvalue weighted by Crippen LogP contribution is 2.40. The van der Waals surface area contributed by atoms with Crippen LogP contribution in [0.4, 0.5) is 5.82 Å². The smallest absolute Gasteiger partial charge is 0.278 e. The summed E-state index contributed by atoms with van der Waals surface area (Å²) in [4.78, 5) is 16.8. The lowest BCUT2D eigenvalue weighted by Crippen LogP contribution is -2.16. The van der Waals surface area contributed by atoms with Crippen LogP contribution < -0.4 is 5.32 Å². The van der Waals surface area contributed by atoms with Crippen molar-refractivity contribution in [2.75, 3.05) is 18.5 Å². The Morgan fingerprint density at radius 2 is 2.08 bits per heavy atom. The number of rotatable bonds is 5. The molecule has 1 N–H and O–H groups in total. The molecule has 7 heteroatoms. The second-order valence-electron chi connectivity index (χ2n) is 6.46. The third-order valence-corrected chi connectivity index (χ3v) is 4.67. The molecule has 0 bridgehead atoms. The van der Waals surface area contributed by atoms with E-state index in [2.05, 4.69) is 22.3 Å². The number of carbonyl (C=O) groups excluding carboxylic acids is 1. The molecule has 1 saturated heterocycles. The Hall–Kier alpha value is -2.15. The zero-order valence-electron chi connectivity index (χ0n) is 13.8. The van der Waals surface area contributed by atoms with Gasteiger partial charge in [0.25, 0.3) is 5.91 Å². The van der Waals surface area contributed by atoms with Gasteiger partial charge in [0, 0.05) is 43.4 Å². The lowest BCUT2D eigenvalue weighted by molar-refractivity contribution is 0.0794. The van der Waals surface area contributed by atoms with Crippen LogP contribution in [0.15, 0.2) is 16.7 Å². The number of ether oxygens (including phenoxy) is 1. The van der Waals surface area contributed by atoms with Crippen LogP contribution in [0.25, 0.3) is 0 Å². The van der Waals surface area contributed by atoms with E-state index >= 15 is 0 Å². The van der Waals surface area contributed by atoms with Crippen molar-refractivity contribution >= 4 is 11.7 Å². The number of nitrogens with zero attached hydrogens (tertiary/aromatic N) is 3. The van der Waals surface area contributed by atoms with E-state index in [-0.39, 0.29) is 11.8 Å². The summed E-state index contributed by atoms with van der Waals surface area (Å²) in [6.07, 6.45) is 5.60. The summed E-state index contributed by atoms with van der Waals surface area (Å²) in [5.41, 5.74) is 1.51. The van der Waals surface area contributed by atoms with E-state index in [9.17, 15) is 4.79 Å². The number of aromatic nitrogens is 3. The van der Waals surface area contributed by atoms with E-state index in [1.54, 1.807) is 0 Å². The van der Waals surface area contributed by atoms with Crippen molar-refractivity contribution in [3.05, 3.63) is 29.6 Å². The molecule has 0 aromatic carbocycles. The molecule has 0 atom stereocenters. The van der Waals surface area contributed by atoms with Crippen molar-refractivity contribution in [1.29, 1.82) is 0 Å². The van der Waals surface area contributed by atoms with E-state index in [0.29, 0.717) is 36.5 Å². The molecule has 3 heterocycles. The van der Waals surface area contributed by atoms with Gasteiger partial charge in [-0.1, -0.05) is 0 Å². The summed E-state index contributed by atoms with van der Waals surface area (Å²) < 4.78 is 12.8. The van der Waals surface area contributed by atoms with Crippen molar-refractivity contribution in [3.63, 3.8) is 0 Å². The molecule has 128 valence electrons. The Kier molecular flexibility index (Phi) is 4.10. The number of carbonyl (C=O) groups is 1. The van der Waals surface area contributed by atoms with E-state index in [1.807, 2.05) is 10.7 Å². The van der Waals surface area contributed by atoms with Crippen LogP contribution in [-0.4, -0.2) is 33.9 Å². The van der Waals surface area contributed by atoms with Gasteiger partial charge >= 0.3 is 0 Å². The molecule has 24 heavy (non-hydrogen) atoms. The second kappa shape index (κ2) is 6.39. The minimum Gasteiger partial charge on any atom is -0.448 e. The molecule has 4 rings (SSSR count). The topological polar surface area (TPSA) is 82.2 Å². The molecule has 0 spiro atoms. The molecule has 1 saturated carbocycles. The normalized spacial score (nSPS) is 18.7. The van der Waals surface area contributed by atoms with E-state index in [0.717, 1.165) is 19.4 Å². The third kappa shape index (κ3) is 3.08. The van der Waals surface area contributed by atoms with Crippen LogP contribution in [0.1, 0.15) is 66.5 Å². The molecule has 0 unspecified atom stereocenters. The molecule has 2 fully saturated rings. The quantitative estimate of drug-likeness (QED) is 0.911. The van der Waals surface area contributed by atoms with E-state index in [1.165, 1.54) is 24.8 Å². The van der Waals surface area contributed by atoms with Gasteiger partial charge in [0.2, 0.25) is 0 Å². The van der Waals surface area contributed by atoms with Crippen LogP contribution in [0, 0.1) is 0 Å². The Morgan fingerprint density at radius 1 is 1.29 bits per heavy atom. The lowest BCUT2D eigenvalue weighted by Gasteiger charge is -2.18. The van der Waals surface area contributed by atoms with Crippen LogP contribution in [0.5, 0.6) is 0 Å². The first-order valence-electron chi connectivity index (χ1n) is 8.67. The molecule has 2 aromatic heterocycles. The average Bonchev–Trinajstić information content (AvgIpc) is 3.19. The highest BCUT2D eigenvalue weighted by atomic mass is 16.5. The average molecular weight is 330 g/mol. The number of hydrogen-bond donors (Lipinski definition) is 1. The van der Waals surface area contributed by atoms with Crippen LogP contribution in [0.2, 0.25) is 0 Å². The van der Waals surface area contributed by atoms with Gasteiger partial charge < -0.3 is 14.5 Å². The highest BCUT2D eigenvalue weighted by Gasteiger charge is 2.28. The van der Waals surface area contributed by atoms with E-state index < -0.39 is 0 Å². The number of anilines is 1. The minimum absolute atomic E-state index is 0.237. The first kappa shape index (κ1) is 15.4. The molecule has 2 aliphatic rings. The Labute approximate surface area is 140 Å². The van der Waals surface area contributed by atoms with Gasteiger partial charge in [-0.2, -0.15) is 5.10 Å². The number of nitrogens with one attached hydrogen (secondary N) is 1. The third-order valence-electron chi connectivity index (χ3n) is 4.67. The summed E-state index contributed by atoms with van der Waals surface area (Å²) in [6.45, 7) is 4.29. The Bertz CT molecular complexity index is 726. The van der Waals surface area contributed by atoms with Gasteiger partial charge in [-0.05, 0) is 32.6 Å². The van der Waals surface area contributed by atoms with Crippen molar-refractivity contribution in [3.8, 4) is 0 Å². The summed E-state index contributed by atoms with van der Waals surface area (Å²) >= 11 is 0. The molecule has 2 aromatic rings. The Morgan fingerprint density at radius 3 is 2.79 bits per heavy atom. The fourth-order valence-corrected chi connectivity index (χ4v) is 3.16. The van der Waals surface area contributed by atoms with Gasteiger partial charge in [-0.25, -0.2) is 4.98 Å². The maximum absolute atomic E-state index is 12.4. The molecule has 1 aliphatic carbocycles. The maximum Gasteiger partial charge on any atom is 0.278 e. The summed E-state index contributed by atoms with van der Waals surface area (Å²) in [7, 11) is 0. The van der Waals surface area contributed by atoms with Gasteiger partial charge in [0.15, 0.2) is 17.4 Å². The van der Waals surface area contributed by atoms with Gasteiger partial charge in [0.1, 0.15) is 6.26 Å². The van der Waals surface area contributed by atoms with Gasteiger partial charge in [-0.15, -0.1) is 0 Å². The predicted octanol–water partition coefficient (Wildman–Crippen LogP) is 2.91. The molecule has 0 radical (unpaired) electrons. The molecule has 7 nitrogen and oxygen atoms in total. The zero-order valence-corrected chi connectivity index (χ0v) is 13.8. The van der Waals surface area contributed by atoms with Crippen molar-refractivity contribution in [1.82, 2.24) is 14.8 Å². The second-order valence-corrected chi connectivity index (χ2v) is 6.46. The fourth-order valence-electron chi connectivity index (χ4n) is 3.16. The van der Waals surface area contributed by atoms with Crippen molar-refractivity contribution in [2.24, 2.45) is 0 Å². The number of amides is 1. The lowest BCUT2D eigenvalue weighted by atomic mass is 10.0. The molecule has 1 amide bonds. The maximum atomic E-state index is 12.4. The summed E-state index contributed by atoms with van der Waals surface area (Å²) in [6, 6.07) is 1.97. The number of hydrogen-bond acceptors (Lipinski definition) is 5. The summed E-state index contributed by atoms with van der Waals surface area (Å²) in [5, 5.41) is 7.30. The van der Waals surface area contributed by atoms with Gasteiger partial charge in [-0.3, -0.25) is 9.48 Å². The molecular weight excluding hydrogens is 308 g/mol.